The number of pyridine rings is 1. The smallest absolute Gasteiger partial charge is 0.263 e. The monoisotopic (exact) mass is 297 g/mol. The number of anilines is 2. The van der Waals surface area contributed by atoms with Gasteiger partial charge in [0.15, 0.2) is 0 Å². The van der Waals surface area contributed by atoms with E-state index in [-0.39, 0.29) is 15.9 Å². The summed E-state index contributed by atoms with van der Waals surface area (Å²) in [7, 11) is -3.73. The van der Waals surface area contributed by atoms with Crippen LogP contribution in [0, 0.1) is 6.92 Å². The molecule has 0 bridgehead atoms. The molecule has 0 radical (unpaired) electrons. The summed E-state index contributed by atoms with van der Waals surface area (Å²) in [5.74, 6) is 0.161. The molecule has 19 heavy (non-hydrogen) atoms. The number of hydrogen-bond acceptors (Lipinski definition) is 4. The third-order valence-corrected chi connectivity index (χ3v) is 4.28. The van der Waals surface area contributed by atoms with Crippen molar-refractivity contribution in [3.05, 3.63) is 47.1 Å². The highest BCUT2D eigenvalue weighted by atomic mass is 35.5. The number of hydrogen-bond donors (Lipinski definition) is 2. The van der Waals surface area contributed by atoms with E-state index >= 15 is 0 Å². The van der Waals surface area contributed by atoms with Crippen LogP contribution in [0.5, 0.6) is 0 Å². The molecular weight excluding hydrogens is 286 g/mol. The minimum atomic E-state index is -3.73. The number of aromatic nitrogens is 1. The van der Waals surface area contributed by atoms with Crippen LogP contribution in [-0.4, -0.2) is 13.4 Å². The number of nitrogens with one attached hydrogen (secondary N) is 1. The summed E-state index contributed by atoms with van der Waals surface area (Å²) in [5.41, 5.74) is 6.62. The molecule has 2 aromatic rings. The quantitative estimate of drug-likeness (QED) is 0.673. The number of sulfonamides is 1. The van der Waals surface area contributed by atoms with E-state index in [0.717, 1.165) is 0 Å². The molecule has 3 N–H and O–H groups in total. The topological polar surface area (TPSA) is 85.1 Å². The van der Waals surface area contributed by atoms with E-state index in [1.807, 2.05) is 0 Å². The summed E-state index contributed by atoms with van der Waals surface area (Å²) in [6.07, 6.45) is 0. The van der Waals surface area contributed by atoms with Crippen LogP contribution >= 0.6 is 11.6 Å². The molecule has 5 nitrogen and oxygen atoms in total. The first-order valence-electron chi connectivity index (χ1n) is 5.40. The van der Waals surface area contributed by atoms with Crippen LogP contribution in [0.15, 0.2) is 41.3 Å². The normalized spacial score (nSPS) is 11.3. The van der Waals surface area contributed by atoms with Crippen LogP contribution < -0.4 is 10.5 Å². The standard InChI is InChI=1S/C12H12ClN3O2S/c1-8-9(14)4-2-5-10(8)19(17,18)16-12-7-3-6-11(13)15-12/h2-7H,14H2,1H3,(H,15,16). The molecule has 0 unspecified atom stereocenters. The number of nitrogen functional groups attached to an aromatic ring is 1. The molecular formula is C12H12ClN3O2S. The predicted octanol–water partition coefficient (Wildman–Crippen LogP) is 2.43. The maximum atomic E-state index is 12.2. The van der Waals surface area contributed by atoms with Crippen molar-refractivity contribution in [2.45, 2.75) is 11.8 Å². The van der Waals surface area contributed by atoms with Gasteiger partial charge in [-0.25, -0.2) is 13.4 Å². The van der Waals surface area contributed by atoms with E-state index in [1.165, 1.54) is 12.1 Å². The van der Waals surface area contributed by atoms with Gasteiger partial charge in [-0.05, 0) is 36.8 Å². The number of nitrogens with zero attached hydrogens (tertiary/aromatic N) is 1. The van der Waals surface area contributed by atoms with E-state index in [4.69, 9.17) is 17.3 Å². The zero-order chi connectivity index (χ0) is 14.0. The van der Waals surface area contributed by atoms with Gasteiger partial charge in [0.05, 0.1) is 4.90 Å². The molecule has 0 fully saturated rings. The summed E-state index contributed by atoms with van der Waals surface area (Å²) in [6, 6.07) is 9.41. The zero-order valence-electron chi connectivity index (χ0n) is 10.1. The molecule has 0 saturated carbocycles. The molecule has 1 aromatic carbocycles. The molecule has 1 heterocycles. The highest BCUT2D eigenvalue weighted by molar-refractivity contribution is 7.92. The van der Waals surface area contributed by atoms with Crippen molar-refractivity contribution < 1.29 is 8.42 Å². The summed E-state index contributed by atoms with van der Waals surface area (Å²) in [6.45, 7) is 1.65. The van der Waals surface area contributed by atoms with Gasteiger partial charge in [-0.2, -0.15) is 0 Å². The fourth-order valence-electron chi connectivity index (χ4n) is 1.58. The van der Waals surface area contributed by atoms with Crippen molar-refractivity contribution in [1.29, 1.82) is 0 Å². The fraction of sp³-hybridized carbons (Fsp3) is 0.0833. The van der Waals surface area contributed by atoms with Crippen molar-refractivity contribution in [3.8, 4) is 0 Å². The van der Waals surface area contributed by atoms with Crippen molar-refractivity contribution >= 4 is 33.1 Å². The van der Waals surface area contributed by atoms with Crippen LogP contribution in [0.2, 0.25) is 5.15 Å². The Bertz CT molecular complexity index is 717. The molecule has 0 spiro atoms. The van der Waals surface area contributed by atoms with Crippen LogP contribution in [-0.2, 0) is 10.0 Å². The summed E-state index contributed by atoms with van der Waals surface area (Å²) >= 11 is 5.71. The van der Waals surface area contributed by atoms with Gasteiger partial charge in [0.2, 0.25) is 0 Å². The first kappa shape index (κ1) is 13.6. The van der Waals surface area contributed by atoms with Crippen LogP contribution in [0.1, 0.15) is 5.56 Å². The van der Waals surface area contributed by atoms with Crippen LogP contribution in [0.4, 0.5) is 11.5 Å². The first-order valence-corrected chi connectivity index (χ1v) is 7.27. The van der Waals surface area contributed by atoms with Crippen molar-refractivity contribution in [1.82, 2.24) is 4.98 Å². The van der Waals surface area contributed by atoms with Crippen molar-refractivity contribution in [3.63, 3.8) is 0 Å². The lowest BCUT2D eigenvalue weighted by Gasteiger charge is -2.11. The maximum Gasteiger partial charge on any atom is 0.263 e. The first-order chi connectivity index (χ1) is 8.90. The number of halogens is 1. The number of benzene rings is 1. The Morgan fingerprint density at radius 3 is 2.58 bits per heavy atom. The SMILES string of the molecule is Cc1c(N)cccc1S(=O)(=O)Nc1cccc(Cl)n1. The predicted molar refractivity (Wildman–Crippen MR) is 75.6 cm³/mol. The van der Waals surface area contributed by atoms with Gasteiger partial charge in [-0.15, -0.1) is 0 Å². The Hall–Kier alpha value is -1.79. The Kier molecular flexibility index (Phi) is 3.64. The van der Waals surface area contributed by atoms with Gasteiger partial charge in [0.1, 0.15) is 11.0 Å². The third-order valence-electron chi connectivity index (χ3n) is 2.57. The lowest BCUT2D eigenvalue weighted by molar-refractivity contribution is 0.600. The molecule has 0 atom stereocenters. The Morgan fingerprint density at radius 1 is 1.21 bits per heavy atom. The molecule has 7 heteroatoms. The zero-order valence-corrected chi connectivity index (χ0v) is 11.7. The van der Waals surface area contributed by atoms with E-state index in [9.17, 15) is 8.42 Å². The third kappa shape index (κ3) is 2.97. The van der Waals surface area contributed by atoms with E-state index in [0.29, 0.717) is 11.3 Å². The van der Waals surface area contributed by atoms with Crippen molar-refractivity contribution in [2.75, 3.05) is 10.5 Å². The van der Waals surface area contributed by atoms with E-state index in [1.54, 1.807) is 31.2 Å². The average Bonchev–Trinajstić information content (AvgIpc) is 2.32. The van der Waals surface area contributed by atoms with Crippen molar-refractivity contribution in [2.24, 2.45) is 0 Å². The van der Waals surface area contributed by atoms with Gasteiger partial charge in [0, 0.05) is 5.69 Å². The summed E-state index contributed by atoms with van der Waals surface area (Å²) < 4.78 is 26.8. The minimum Gasteiger partial charge on any atom is -0.398 e. The fourth-order valence-corrected chi connectivity index (χ4v) is 3.02. The lowest BCUT2D eigenvalue weighted by atomic mass is 10.2. The summed E-state index contributed by atoms with van der Waals surface area (Å²) in [4.78, 5) is 4.00. The highest BCUT2D eigenvalue weighted by Crippen LogP contribution is 2.22. The second-order valence-electron chi connectivity index (χ2n) is 3.92. The van der Waals surface area contributed by atoms with Gasteiger partial charge in [-0.3, -0.25) is 4.72 Å². The Labute approximate surface area is 116 Å². The molecule has 2 rings (SSSR count). The molecule has 1 aromatic heterocycles. The Morgan fingerprint density at radius 2 is 1.89 bits per heavy atom. The van der Waals surface area contributed by atoms with Gasteiger partial charge in [0.25, 0.3) is 10.0 Å². The number of rotatable bonds is 3. The number of nitrogens with two attached hydrogens (primary N) is 1. The highest BCUT2D eigenvalue weighted by Gasteiger charge is 2.18. The van der Waals surface area contributed by atoms with Gasteiger partial charge in [-0.1, -0.05) is 23.7 Å². The average molecular weight is 298 g/mol. The maximum absolute atomic E-state index is 12.2. The largest absolute Gasteiger partial charge is 0.398 e. The summed E-state index contributed by atoms with van der Waals surface area (Å²) in [5, 5.41) is 0.212. The Balaban J connectivity index is 2.41. The molecule has 0 saturated heterocycles. The van der Waals surface area contributed by atoms with Gasteiger partial charge < -0.3 is 5.73 Å². The van der Waals surface area contributed by atoms with Gasteiger partial charge >= 0.3 is 0 Å². The van der Waals surface area contributed by atoms with Crippen LogP contribution in [0.25, 0.3) is 0 Å². The van der Waals surface area contributed by atoms with Crippen LogP contribution in [0.3, 0.4) is 0 Å². The molecule has 0 aliphatic carbocycles. The minimum absolute atomic E-state index is 0.120. The molecule has 0 aliphatic heterocycles. The second-order valence-corrected chi connectivity index (χ2v) is 5.96. The van der Waals surface area contributed by atoms with E-state index < -0.39 is 10.0 Å². The second kappa shape index (κ2) is 5.07. The molecule has 100 valence electrons. The van der Waals surface area contributed by atoms with E-state index in [2.05, 4.69) is 9.71 Å². The molecule has 0 aliphatic rings. The lowest BCUT2D eigenvalue weighted by Crippen LogP contribution is -2.15. The molecule has 0 amide bonds.